The van der Waals surface area contributed by atoms with Crippen LogP contribution in [0, 0.1) is 5.92 Å². The van der Waals surface area contributed by atoms with E-state index in [0.29, 0.717) is 31.5 Å². The Morgan fingerprint density at radius 1 is 1.53 bits per heavy atom. The number of rotatable bonds is 5. The molecule has 0 aromatic rings. The summed E-state index contributed by atoms with van der Waals surface area (Å²) in [5, 5.41) is 2.99. The van der Waals surface area contributed by atoms with Gasteiger partial charge in [-0.25, -0.2) is 12.7 Å². The second kappa shape index (κ2) is 5.68. The Morgan fingerprint density at radius 3 is 2.59 bits per heavy atom. The van der Waals surface area contributed by atoms with E-state index in [9.17, 15) is 8.42 Å². The van der Waals surface area contributed by atoms with Crippen LogP contribution in [0.4, 0.5) is 0 Å². The molecule has 1 aliphatic rings. The first-order valence-electron chi connectivity index (χ1n) is 5.89. The van der Waals surface area contributed by atoms with E-state index >= 15 is 0 Å². The molecular weight excluding hydrogens is 240 g/mol. The maximum absolute atomic E-state index is 11.5. The van der Waals surface area contributed by atoms with Gasteiger partial charge in [0.05, 0.1) is 5.75 Å². The highest BCUT2D eigenvalue weighted by atomic mass is 32.2. The van der Waals surface area contributed by atoms with Gasteiger partial charge in [-0.05, 0) is 20.8 Å². The van der Waals surface area contributed by atoms with Crippen molar-refractivity contribution in [3.8, 4) is 0 Å². The van der Waals surface area contributed by atoms with Crippen molar-refractivity contribution in [1.29, 1.82) is 0 Å². The van der Waals surface area contributed by atoms with Crippen molar-refractivity contribution >= 4 is 16.0 Å². The zero-order valence-electron chi connectivity index (χ0n) is 10.7. The number of nitrogens with two attached hydrogens (primary N) is 1. The lowest BCUT2D eigenvalue weighted by Crippen LogP contribution is -2.51. The lowest BCUT2D eigenvalue weighted by Gasteiger charge is -2.37. The summed E-state index contributed by atoms with van der Waals surface area (Å²) in [6, 6.07) is 0.261. The van der Waals surface area contributed by atoms with Crippen LogP contribution in [0.5, 0.6) is 0 Å². The zero-order chi connectivity index (χ0) is 13.1. The minimum atomic E-state index is -3.01. The van der Waals surface area contributed by atoms with E-state index in [2.05, 4.69) is 10.3 Å². The fourth-order valence-corrected chi connectivity index (χ4v) is 2.86. The third-order valence-corrected chi connectivity index (χ3v) is 4.45. The monoisotopic (exact) mass is 262 g/mol. The Kier molecular flexibility index (Phi) is 4.76. The fourth-order valence-electron chi connectivity index (χ4n) is 1.62. The maximum Gasteiger partial charge on any atom is 0.213 e. The molecule has 6 nitrogen and oxygen atoms in total. The van der Waals surface area contributed by atoms with Gasteiger partial charge >= 0.3 is 0 Å². The molecule has 1 rings (SSSR count). The molecule has 0 aliphatic carbocycles. The largest absolute Gasteiger partial charge is 0.370 e. The summed E-state index contributed by atoms with van der Waals surface area (Å²) >= 11 is 0. The molecule has 0 aromatic carbocycles. The van der Waals surface area contributed by atoms with Crippen LogP contribution in [-0.4, -0.2) is 50.1 Å². The molecule has 1 saturated heterocycles. The fraction of sp³-hybridized carbons (Fsp3) is 0.900. The van der Waals surface area contributed by atoms with Crippen molar-refractivity contribution in [3.05, 3.63) is 0 Å². The molecule has 0 atom stereocenters. The van der Waals surface area contributed by atoms with Crippen LogP contribution in [0.3, 0.4) is 0 Å². The predicted molar refractivity (Wildman–Crippen MR) is 69.3 cm³/mol. The predicted octanol–water partition coefficient (Wildman–Crippen LogP) is -0.419. The number of guanidine groups is 1. The van der Waals surface area contributed by atoms with Gasteiger partial charge in [0.25, 0.3) is 0 Å². The third-order valence-electron chi connectivity index (χ3n) is 2.64. The average molecular weight is 262 g/mol. The van der Waals surface area contributed by atoms with E-state index in [0.717, 1.165) is 0 Å². The van der Waals surface area contributed by atoms with E-state index < -0.39 is 10.0 Å². The van der Waals surface area contributed by atoms with Crippen LogP contribution in [0.25, 0.3) is 0 Å². The van der Waals surface area contributed by atoms with E-state index in [4.69, 9.17) is 5.73 Å². The van der Waals surface area contributed by atoms with Crippen LogP contribution in [0.2, 0.25) is 0 Å². The minimum Gasteiger partial charge on any atom is -0.370 e. The summed E-state index contributed by atoms with van der Waals surface area (Å²) in [4.78, 5) is 4.19. The van der Waals surface area contributed by atoms with Gasteiger partial charge < -0.3 is 11.1 Å². The van der Waals surface area contributed by atoms with Gasteiger partial charge in [0.15, 0.2) is 5.96 Å². The van der Waals surface area contributed by atoms with E-state index in [1.807, 2.05) is 13.8 Å². The van der Waals surface area contributed by atoms with Crippen molar-refractivity contribution in [2.75, 3.05) is 25.4 Å². The van der Waals surface area contributed by atoms with E-state index in [1.165, 1.54) is 4.31 Å². The highest BCUT2D eigenvalue weighted by Crippen LogP contribution is 2.19. The SMILES string of the molecule is CCS(=O)(=O)N1CC(CN=C(N)NC(C)C)C1. The summed E-state index contributed by atoms with van der Waals surface area (Å²) in [7, 11) is -3.01. The Labute approximate surface area is 103 Å². The first-order valence-corrected chi connectivity index (χ1v) is 7.50. The molecule has 1 fully saturated rings. The molecule has 1 heterocycles. The first-order chi connectivity index (χ1) is 7.85. The Morgan fingerprint density at radius 2 is 2.12 bits per heavy atom. The maximum atomic E-state index is 11.5. The summed E-state index contributed by atoms with van der Waals surface area (Å²) in [5.41, 5.74) is 5.66. The number of sulfonamides is 1. The molecular formula is C10H22N4O2S. The molecule has 0 unspecified atom stereocenters. The lowest BCUT2D eigenvalue weighted by atomic mass is 10.0. The average Bonchev–Trinajstić information content (AvgIpc) is 2.13. The molecule has 17 heavy (non-hydrogen) atoms. The number of hydrogen-bond acceptors (Lipinski definition) is 3. The van der Waals surface area contributed by atoms with Crippen LogP contribution >= 0.6 is 0 Å². The van der Waals surface area contributed by atoms with Crippen LogP contribution in [0.1, 0.15) is 20.8 Å². The smallest absolute Gasteiger partial charge is 0.213 e. The van der Waals surface area contributed by atoms with Crippen molar-refractivity contribution in [2.45, 2.75) is 26.8 Å². The normalized spacial score (nSPS) is 19.4. The molecule has 0 radical (unpaired) electrons. The van der Waals surface area contributed by atoms with Gasteiger partial charge in [0.1, 0.15) is 0 Å². The summed E-state index contributed by atoms with van der Waals surface area (Å²) in [5.74, 6) is 0.890. The molecule has 0 amide bonds. The number of aliphatic imine (C=N–C) groups is 1. The van der Waals surface area contributed by atoms with Crippen LogP contribution in [-0.2, 0) is 10.0 Å². The highest BCUT2D eigenvalue weighted by Gasteiger charge is 2.34. The molecule has 0 aromatic heterocycles. The van der Waals surface area contributed by atoms with Gasteiger partial charge in [-0.3, -0.25) is 4.99 Å². The Hall–Kier alpha value is -0.820. The van der Waals surface area contributed by atoms with Gasteiger partial charge in [0.2, 0.25) is 10.0 Å². The molecule has 7 heteroatoms. The topological polar surface area (TPSA) is 87.8 Å². The van der Waals surface area contributed by atoms with Gasteiger partial charge in [-0.15, -0.1) is 0 Å². The second-order valence-electron chi connectivity index (χ2n) is 4.61. The lowest BCUT2D eigenvalue weighted by molar-refractivity contribution is 0.208. The van der Waals surface area contributed by atoms with Crippen molar-refractivity contribution in [1.82, 2.24) is 9.62 Å². The highest BCUT2D eigenvalue weighted by molar-refractivity contribution is 7.89. The second-order valence-corrected chi connectivity index (χ2v) is 6.87. The standard InChI is InChI=1S/C10H22N4O2S/c1-4-17(15,16)14-6-9(7-14)5-12-10(11)13-8(2)3/h8-9H,4-7H2,1-3H3,(H3,11,12,13). The van der Waals surface area contributed by atoms with Gasteiger partial charge in [-0.1, -0.05) is 0 Å². The van der Waals surface area contributed by atoms with Crippen LogP contribution < -0.4 is 11.1 Å². The van der Waals surface area contributed by atoms with Crippen LogP contribution in [0.15, 0.2) is 4.99 Å². The summed E-state index contributed by atoms with van der Waals surface area (Å²) < 4.78 is 24.4. The number of hydrogen-bond donors (Lipinski definition) is 2. The summed E-state index contributed by atoms with van der Waals surface area (Å²) in [6.07, 6.45) is 0. The molecule has 3 N–H and O–H groups in total. The van der Waals surface area contributed by atoms with E-state index in [1.54, 1.807) is 6.92 Å². The van der Waals surface area contributed by atoms with Crippen molar-refractivity contribution in [2.24, 2.45) is 16.6 Å². The number of nitrogens with one attached hydrogen (secondary N) is 1. The molecule has 1 aliphatic heterocycles. The Bertz CT molecular complexity index is 372. The van der Waals surface area contributed by atoms with Gasteiger partial charge in [0, 0.05) is 31.6 Å². The first kappa shape index (κ1) is 14.2. The zero-order valence-corrected chi connectivity index (χ0v) is 11.5. The quantitative estimate of drug-likeness (QED) is 0.520. The minimum absolute atomic E-state index is 0.167. The molecule has 0 saturated carbocycles. The number of nitrogens with zero attached hydrogens (tertiary/aromatic N) is 2. The molecule has 100 valence electrons. The van der Waals surface area contributed by atoms with Crippen molar-refractivity contribution < 1.29 is 8.42 Å². The third kappa shape index (κ3) is 4.16. The van der Waals surface area contributed by atoms with E-state index in [-0.39, 0.29) is 11.8 Å². The molecule has 0 bridgehead atoms. The van der Waals surface area contributed by atoms with Gasteiger partial charge in [-0.2, -0.15) is 0 Å². The Balaban J connectivity index is 2.31. The summed E-state index contributed by atoms with van der Waals surface area (Å²) in [6.45, 7) is 7.35. The van der Waals surface area contributed by atoms with Crippen molar-refractivity contribution in [3.63, 3.8) is 0 Å². The molecule has 0 spiro atoms.